The molecule has 4 aromatic heterocycles. The first-order chi connectivity index (χ1) is 18.5. The van der Waals surface area contributed by atoms with E-state index in [0.717, 1.165) is 30.0 Å². The number of rotatable bonds is 8. The highest BCUT2D eigenvalue weighted by Crippen LogP contribution is 2.26. The van der Waals surface area contributed by atoms with Gasteiger partial charge < -0.3 is 25.2 Å². The van der Waals surface area contributed by atoms with Crippen molar-refractivity contribution in [3.8, 4) is 11.4 Å². The van der Waals surface area contributed by atoms with Crippen molar-refractivity contribution in [3.05, 3.63) is 67.3 Å². The van der Waals surface area contributed by atoms with Crippen molar-refractivity contribution in [1.29, 1.82) is 0 Å². The third-order valence-electron chi connectivity index (χ3n) is 5.85. The topological polar surface area (TPSA) is 121 Å². The molecule has 4 aromatic rings. The van der Waals surface area contributed by atoms with Crippen molar-refractivity contribution in [2.45, 2.75) is 0 Å². The number of ether oxygens (including phenoxy) is 1. The molecule has 11 nitrogen and oxygen atoms in total. The fourth-order valence-electron chi connectivity index (χ4n) is 3.96. The highest BCUT2D eigenvalue weighted by molar-refractivity contribution is 6.00. The molecule has 5 heterocycles. The van der Waals surface area contributed by atoms with Crippen LogP contribution in [0.5, 0.6) is 0 Å². The summed E-state index contributed by atoms with van der Waals surface area (Å²) in [5.41, 5.74) is 3.22. The molecule has 0 atom stereocenters. The van der Waals surface area contributed by atoms with Gasteiger partial charge in [0.05, 0.1) is 30.8 Å². The van der Waals surface area contributed by atoms with E-state index in [9.17, 15) is 4.79 Å². The van der Waals surface area contributed by atoms with Crippen LogP contribution in [0.15, 0.2) is 67.3 Å². The number of nitrogens with zero attached hydrogens (tertiary/aromatic N) is 7. The Morgan fingerprint density at radius 3 is 2.66 bits per heavy atom. The zero-order valence-electron chi connectivity index (χ0n) is 21.3. The molecule has 0 unspecified atom stereocenters. The van der Waals surface area contributed by atoms with E-state index in [4.69, 9.17) is 9.72 Å². The van der Waals surface area contributed by atoms with Crippen molar-refractivity contribution in [3.63, 3.8) is 0 Å². The largest absolute Gasteiger partial charge is 0.378 e. The monoisotopic (exact) mass is 511 g/mol. The van der Waals surface area contributed by atoms with E-state index in [-0.39, 0.29) is 5.91 Å². The molecule has 0 saturated carbocycles. The Hall–Kier alpha value is -4.48. The van der Waals surface area contributed by atoms with Crippen molar-refractivity contribution in [2.75, 3.05) is 62.5 Å². The molecule has 1 fully saturated rings. The molecule has 0 aromatic carbocycles. The Balaban J connectivity index is 1.35. The molecule has 1 aliphatic heterocycles. The van der Waals surface area contributed by atoms with E-state index in [1.165, 1.54) is 6.08 Å². The van der Waals surface area contributed by atoms with Crippen molar-refractivity contribution < 1.29 is 9.53 Å². The van der Waals surface area contributed by atoms with Crippen molar-refractivity contribution in [1.82, 2.24) is 29.8 Å². The molecular weight excluding hydrogens is 482 g/mol. The predicted molar refractivity (Wildman–Crippen MR) is 147 cm³/mol. The van der Waals surface area contributed by atoms with Gasteiger partial charge in [0, 0.05) is 55.4 Å². The first kappa shape index (κ1) is 25.2. The van der Waals surface area contributed by atoms with Crippen LogP contribution >= 0.6 is 0 Å². The molecular formula is C27H29N9O2. The van der Waals surface area contributed by atoms with Gasteiger partial charge in [-0.1, -0.05) is 6.08 Å². The van der Waals surface area contributed by atoms with Gasteiger partial charge in [0.1, 0.15) is 17.0 Å². The van der Waals surface area contributed by atoms with Gasteiger partial charge in [-0.15, -0.1) is 0 Å². The van der Waals surface area contributed by atoms with Crippen LogP contribution in [0.3, 0.4) is 0 Å². The SMILES string of the molecule is CN(C)CC=CC(=O)Nc1ccnc(-c2nccc3cnc(Nc4ccc(N5CCOCC5)nc4)nc23)c1. The summed E-state index contributed by atoms with van der Waals surface area (Å²) in [6, 6.07) is 9.30. The van der Waals surface area contributed by atoms with Crippen LogP contribution in [0.25, 0.3) is 22.3 Å². The minimum Gasteiger partial charge on any atom is -0.378 e. The second kappa shape index (κ2) is 11.7. The van der Waals surface area contributed by atoms with E-state index < -0.39 is 0 Å². The average Bonchev–Trinajstić information content (AvgIpc) is 2.93. The maximum absolute atomic E-state index is 12.3. The molecule has 1 aliphatic rings. The minimum atomic E-state index is -0.211. The summed E-state index contributed by atoms with van der Waals surface area (Å²) >= 11 is 0. The lowest BCUT2D eigenvalue weighted by Gasteiger charge is -2.27. The van der Waals surface area contributed by atoms with E-state index in [2.05, 4.69) is 35.5 Å². The third kappa shape index (κ3) is 6.25. The molecule has 0 radical (unpaired) electrons. The predicted octanol–water partition coefficient (Wildman–Crippen LogP) is 3.12. The minimum absolute atomic E-state index is 0.211. The van der Waals surface area contributed by atoms with Gasteiger partial charge in [0.15, 0.2) is 0 Å². The standard InChI is InChI=1S/C27H29N9O2/c1-35(2)11-3-4-24(37)32-20-8-10-28-22(16-20)26-25-19(7-9-29-26)17-31-27(34-25)33-21-5-6-23(30-18-21)36-12-14-38-15-13-36/h3-10,16-18H,11-15H2,1-2H3,(H,28,32,37)(H,31,33,34). The number of nitrogens with one attached hydrogen (secondary N) is 2. The van der Waals surface area contributed by atoms with Crippen LogP contribution in [0.2, 0.25) is 0 Å². The van der Waals surface area contributed by atoms with E-state index in [1.807, 2.05) is 37.2 Å². The second-order valence-corrected chi connectivity index (χ2v) is 9.00. The summed E-state index contributed by atoms with van der Waals surface area (Å²) in [4.78, 5) is 39.2. The molecule has 1 saturated heterocycles. The molecule has 1 amide bonds. The number of pyridine rings is 3. The molecule has 2 N–H and O–H groups in total. The Morgan fingerprint density at radius 1 is 1.03 bits per heavy atom. The zero-order valence-corrected chi connectivity index (χ0v) is 21.3. The van der Waals surface area contributed by atoms with Gasteiger partial charge >= 0.3 is 0 Å². The van der Waals surface area contributed by atoms with Crippen LogP contribution in [0.4, 0.5) is 23.1 Å². The van der Waals surface area contributed by atoms with Gasteiger partial charge in [-0.25, -0.2) is 15.0 Å². The fraction of sp³-hybridized carbons (Fsp3) is 0.259. The Morgan fingerprint density at radius 2 is 1.87 bits per heavy atom. The molecule has 0 bridgehead atoms. The number of amides is 1. The number of aromatic nitrogens is 5. The molecule has 11 heteroatoms. The maximum Gasteiger partial charge on any atom is 0.248 e. The molecule has 5 rings (SSSR count). The average molecular weight is 512 g/mol. The van der Waals surface area contributed by atoms with E-state index >= 15 is 0 Å². The Bertz CT molecular complexity index is 1430. The zero-order chi connectivity index (χ0) is 26.3. The molecule has 38 heavy (non-hydrogen) atoms. The maximum atomic E-state index is 12.3. The first-order valence-corrected chi connectivity index (χ1v) is 12.3. The van der Waals surface area contributed by atoms with Crippen LogP contribution in [0.1, 0.15) is 0 Å². The second-order valence-electron chi connectivity index (χ2n) is 9.00. The van der Waals surface area contributed by atoms with Crippen LogP contribution in [-0.2, 0) is 9.53 Å². The summed E-state index contributed by atoms with van der Waals surface area (Å²) < 4.78 is 5.41. The number of likely N-dealkylation sites (N-methyl/N-ethyl adjacent to an activating group) is 1. The van der Waals surface area contributed by atoms with Crippen molar-refractivity contribution in [2.24, 2.45) is 0 Å². The fourth-order valence-corrected chi connectivity index (χ4v) is 3.96. The number of hydrogen-bond donors (Lipinski definition) is 2. The number of anilines is 4. The van der Waals surface area contributed by atoms with Gasteiger partial charge in [-0.05, 0) is 44.4 Å². The summed E-state index contributed by atoms with van der Waals surface area (Å²) in [7, 11) is 3.89. The highest BCUT2D eigenvalue weighted by Gasteiger charge is 2.14. The number of morpholine rings is 1. The lowest BCUT2D eigenvalue weighted by Crippen LogP contribution is -2.36. The normalized spacial score (nSPS) is 13.8. The Kier molecular flexibility index (Phi) is 7.76. The van der Waals surface area contributed by atoms with Crippen LogP contribution < -0.4 is 15.5 Å². The smallest absolute Gasteiger partial charge is 0.248 e. The summed E-state index contributed by atoms with van der Waals surface area (Å²) in [5.74, 6) is 1.12. The first-order valence-electron chi connectivity index (χ1n) is 12.3. The number of carbonyl (C=O) groups excluding carboxylic acids is 1. The molecule has 194 valence electrons. The lowest BCUT2D eigenvalue weighted by molar-refractivity contribution is -0.111. The number of hydrogen-bond acceptors (Lipinski definition) is 10. The Labute approximate surface area is 220 Å². The molecule has 0 spiro atoms. The van der Waals surface area contributed by atoms with Crippen molar-refractivity contribution >= 4 is 40.0 Å². The van der Waals surface area contributed by atoms with Crippen LogP contribution in [-0.4, -0.2) is 82.7 Å². The lowest BCUT2D eigenvalue weighted by atomic mass is 10.1. The summed E-state index contributed by atoms with van der Waals surface area (Å²) in [6.45, 7) is 3.76. The number of fused-ring (bicyclic) bond motifs is 1. The summed E-state index contributed by atoms with van der Waals surface area (Å²) in [6.07, 6.45) is 10.2. The number of carbonyl (C=O) groups is 1. The third-order valence-corrected chi connectivity index (χ3v) is 5.85. The summed E-state index contributed by atoms with van der Waals surface area (Å²) in [5, 5.41) is 6.92. The van der Waals surface area contributed by atoms with E-state index in [0.29, 0.717) is 48.3 Å². The highest BCUT2D eigenvalue weighted by atomic mass is 16.5. The van der Waals surface area contributed by atoms with Gasteiger partial charge in [0.2, 0.25) is 11.9 Å². The van der Waals surface area contributed by atoms with Crippen LogP contribution in [0, 0.1) is 0 Å². The van der Waals surface area contributed by atoms with Gasteiger partial charge in [0.25, 0.3) is 0 Å². The quantitative estimate of drug-likeness (QED) is 0.341. The van der Waals surface area contributed by atoms with E-state index in [1.54, 1.807) is 43.0 Å². The van der Waals surface area contributed by atoms with Gasteiger partial charge in [-0.2, -0.15) is 0 Å². The molecule has 0 aliphatic carbocycles. The van der Waals surface area contributed by atoms with Gasteiger partial charge in [-0.3, -0.25) is 14.8 Å².